The molecule has 1 heterocycles. The molecule has 0 spiro atoms. The summed E-state index contributed by atoms with van der Waals surface area (Å²) in [6.45, 7) is 0.0917. The highest BCUT2D eigenvalue weighted by molar-refractivity contribution is 5.99. The molecule has 1 aliphatic rings. The first kappa shape index (κ1) is 13.5. The van der Waals surface area contributed by atoms with E-state index in [9.17, 15) is 14.0 Å². The van der Waals surface area contributed by atoms with Crippen LogP contribution in [0.2, 0.25) is 0 Å². The molecule has 2 aromatic rings. The maximum atomic E-state index is 13.0. The third-order valence-corrected chi connectivity index (χ3v) is 3.42. The van der Waals surface area contributed by atoms with Crippen molar-refractivity contribution >= 4 is 17.4 Å². The summed E-state index contributed by atoms with van der Waals surface area (Å²) in [4.78, 5) is 23.8. The summed E-state index contributed by atoms with van der Waals surface area (Å²) in [6, 6.07) is 7.47. The molecular weight excluding hydrogens is 271 g/mol. The molecule has 0 atom stereocenters. The molecule has 4 nitrogen and oxygen atoms in total. The van der Waals surface area contributed by atoms with Gasteiger partial charge in [0, 0.05) is 29.6 Å². The second kappa shape index (κ2) is 5.52. The standard InChI is InChI=1S/C16H15FN2O2/c17-13-2-1-3-14(8-13)18-15(20)10-19-7-6-12(9-19)16(21)11-4-5-11/h1-3,6-9,11H,4-5,10H2,(H,18,20). The topological polar surface area (TPSA) is 51.1 Å². The highest BCUT2D eigenvalue weighted by atomic mass is 19.1. The molecule has 108 valence electrons. The zero-order valence-electron chi connectivity index (χ0n) is 11.4. The Hall–Kier alpha value is -2.43. The van der Waals surface area contributed by atoms with Crippen LogP contribution in [0.1, 0.15) is 23.2 Å². The van der Waals surface area contributed by atoms with Crippen LogP contribution < -0.4 is 5.32 Å². The minimum absolute atomic E-state index is 0.0917. The first-order valence-corrected chi connectivity index (χ1v) is 6.87. The number of nitrogens with one attached hydrogen (secondary N) is 1. The van der Waals surface area contributed by atoms with E-state index in [-0.39, 0.29) is 24.2 Å². The SMILES string of the molecule is O=C(Cn1ccc(C(=O)C2CC2)c1)Nc1cccc(F)c1. The Morgan fingerprint density at radius 2 is 2.10 bits per heavy atom. The number of ketones is 1. The molecule has 5 heteroatoms. The Morgan fingerprint density at radius 3 is 2.81 bits per heavy atom. The lowest BCUT2D eigenvalue weighted by Crippen LogP contribution is -2.18. The van der Waals surface area contributed by atoms with Crippen LogP contribution in [-0.4, -0.2) is 16.3 Å². The number of nitrogens with zero attached hydrogens (tertiary/aromatic N) is 1. The number of carbonyl (C=O) groups is 2. The van der Waals surface area contributed by atoms with Gasteiger partial charge in [-0.2, -0.15) is 0 Å². The fraction of sp³-hybridized carbons (Fsp3) is 0.250. The van der Waals surface area contributed by atoms with Crippen molar-refractivity contribution in [3.8, 4) is 0 Å². The van der Waals surface area contributed by atoms with Gasteiger partial charge in [0.1, 0.15) is 12.4 Å². The predicted molar refractivity (Wildman–Crippen MR) is 76.5 cm³/mol. The van der Waals surface area contributed by atoms with E-state index in [0.717, 1.165) is 12.8 Å². The molecule has 21 heavy (non-hydrogen) atoms. The Balaban J connectivity index is 1.61. The number of aromatic nitrogens is 1. The fourth-order valence-electron chi connectivity index (χ4n) is 2.20. The van der Waals surface area contributed by atoms with E-state index in [1.54, 1.807) is 29.1 Å². The van der Waals surface area contributed by atoms with Crippen molar-refractivity contribution in [3.05, 3.63) is 54.1 Å². The summed E-state index contributed by atoms with van der Waals surface area (Å²) in [5.74, 6) is -0.339. The van der Waals surface area contributed by atoms with Crippen molar-refractivity contribution in [1.82, 2.24) is 4.57 Å². The Kier molecular flexibility index (Phi) is 3.56. The van der Waals surface area contributed by atoms with Crippen LogP contribution >= 0.6 is 0 Å². The average Bonchev–Trinajstić information content (AvgIpc) is 3.18. The molecule has 0 saturated heterocycles. The van der Waals surface area contributed by atoms with Crippen molar-refractivity contribution in [1.29, 1.82) is 0 Å². The molecule has 0 unspecified atom stereocenters. The number of benzene rings is 1. The molecule has 0 aliphatic heterocycles. The minimum atomic E-state index is -0.397. The van der Waals surface area contributed by atoms with Gasteiger partial charge in [0.15, 0.2) is 5.78 Å². The fourth-order valence-corrected chi connectivity index (χ4v) is 2.20. The number of hydrogen-bond acceptors (Lipinski definition) is 2. The van der Waals surface area contributed by atoms with Gasteiger partial charge in [-0.25, -0.2) is 4.39 Å². The second-order valence-electron chi connectivity index (χ2n) is 5.27. The van der Waals surface area contributed by atoms with Gasteiger partial charge in [0.2, 0.25) is 5.91 Å². The average molecular weight is 286 g/mol. The summed E-state index contributed by atoms with van der Waals surface area (Å²) in [6.07, 6.45) is 5.32. The molecule has 0 bridgehead atoms. The highest BCUT2D eigenvalue weighted by Crippen LogP contribution is 2.32. The maximum Gasteiger partial charge on any atom is 0.244 e. The van der Waals surface area contributed by atoms with Crippen molar-refractivity contribution in [2.45, 2.75) is 19.4 Å². The van der Waals surface area contributed by atoms with E-state index in [1.807, 2.05) is 0 Å². The van der Waals surface area contributed by atoms with Crippen molar-refractivity contribution in [2.24, 2.45) is 5.92 Å². The molecule has 1 saturated carbocycles. The van der Waals surface area contributed by atoms with E-state index in [4.69, 9.17) is 0 Å². The van der Waals surface area contributed by atoms with E-state index in [1.165, 1.54) is 18.2 Å². The molecular formula is C16H15FN2O2. The van der Waals surface area contributed by atoms with Crippen LogP contribution in [0.3, 0.4) is 0 Å². The first-order chi connectivity index (χ1) is 10.1. The van der Waals surface area contributed by atoms with Crippen molar-refractivity contribution in [3.63, 3.8) is 0 Å². The number of carbonyl (C=O) groups excluding carboxylic acids is 2. The lowest BCUT2D eigenvalue weighted by molar-refractivity contribution is -0.116. The Bertz CT molecular complexity index is 689. The smallest absolute Gasteiger partial charge is 0.244 e. The second-order valence-corrected chi connectivity index (χ2v) is 5.27. The predicted octanol–water partition coefficient (Wildman–Crippen LogP) is 2.86. The monoisotopic (exact) mass is 286 g/mol. The van der Waals surface area contributed by atoms with E-state index < -0.39 is 5.82 Å². The van der Waals surface area contributed by atoms with Gasteiger partial charge in [0.05, 0.1) is 0 Å². The van der Waals surface area contributed by atoms with Crippen LogP contribution in [0.25, 0.3) is 0 Å². The van der Waals surface area contributed by atoms with Gasteiger partial charge in [-0.15, -0.1) is 0 Å². The minimum Gasteiger partial charge on any atom is -0.344 e. The van der Waals surface area contributed by atoms with Gasteiger partial charge in [-0.3, -0.25) is 9.59 Å². The number of amides is 1. The van der Waals surface area contributed by atoms with Gasteiger partial charge in [-0.05, 0) is 37.1 Å². The molecule has 1 N–H and O–H groups in total. The molecule has 1 aromatic heterocycles. The zero-order chi connectivity index (χ0) is 14.8. The van der Waals surface area contributed by atoms with Gasteiger partial charge in [-0.1, -0.05) is 6.07 Å². The summed E-state index contributed by atoms with van der Waals surface area (Å²) in [7, 11) is 0. The maximum absolute atomic E-state index is 13.0. The lowest BCUT2D eigenvalue weighted by atomic mass is 10.1. The van der Waals surface area contributed by atoms with Crippen LogP contribution in [0.4, 0.5) is 10.1 Å². The molecule has 3 rings (SSSR count). The zero-order valence-corrected chi connectivity index (χ0v) is 11.4. The molecule has 1 fully saturated rings. The van der Waals surface area contributed by atoms with Crippen molar-refractivity contribution < 1.29 is 14.0 Å². The first-order valence-electron chi connectivity index (χ1n) is 6.87. The highest BCUT2D eigenvalue weighted by Gasteiger charge is 2.30. The van der Waals surface area contributed by atoms with E-state index in [2.05, 4.69) is 5.32 Å². The summed E-state index contributed by atoms with van der Waals surface area (Å²) in [5.41, 5.74) is 1.07. The molecule has 0 radical (unpaired) electrons. The quantitative estimate of drug-likeness (QED) is 0.859. The number of anilines is 1. The lowest BCUT2D eigenvalue weighted by Gasteiger charge is -2.06. The van der Waals surface area contributed by atoms with Crippen LogP contribution in [0.5, 0.6) is 0 Å². The number of hydrogen-bond donors (Lipinski definition) is 1. The normalized spacial score (nSPS) is 14.0. The van der Waals surface area contributed by atoms with E-state index in [0.29, 0.717) is 11.3 Å². The number of Topliss-reactive ketones (excluding diaryl/α,β-unsaturated/α-hetero) is 1. The number of halogens is 1. The van der Waals surface area contributed by atoms with Gasteiger partial charge < -0.3 is 9.88 Å². The summed E-state index contributed by atoms with van der Waals surface area (Å²) in [5, 5.41) is 2.62. The van der Waals surface area contributed by atoms with Crippen molar-refractivity contribution in [2.75, 3.05) is 5.32 Å². The van der Waals surface area contributed by atoms with E-state index >= 15 is 0 Å². The third kappa shape index (κ3) is 3.37. The van der Waals surface area contributed by atoms with Gasteiger partial charge in [0.25, 0.3) is 0 Å². The van der Waals surface area contributed by atoms with Crippen LogP contribution in [0, 0.1) is 11.7 Å². The Labute approximate surface area is 121 Å². The largest absolute Gasteiger partial charge is 0.344 e. The molecule has 1 aromatic carbocycles. The summed E-state index contributed by atoms with van der Waals surface area (Å²) < 4.78 is 14.7. The van der Waals surface area contributed by atoms with Crippen LogP contribution in [-0.2, 0) is 11.3 Å². The summed E-state index contributed by atoms with van der Waals surface area (Å²) >= 11 is 0. The molecule has 1 aliphatic carbocycles. The van der Waals surface area contributed by atoms with Gasteiger partial charge >= 0.3 is 0 Å². The Morgan fingerprint density at radius 1 is 1.29 bits per heavy atom. The molecule has 1 amide bonds. The third-order valence-electron chi connectivity index (χ3n) is 3.42. The number of rotatable bonds is 5. The van der Waals surface area contributed by atoms with Crippen LogP contribution in [0.15, 0.2) is 42.7 Å².